The van der Waals surface area contributed by atoms with E-state index in [-0.39, 0.29) is 23.9 Å². The van der Waals surface area contributed by atoms with E-state index in [0.29, 0.717) is 31.1 Å². The van der Waals surface area contributed by atoms with E-state index in [4.69, 9.17) is 4.52 Å². The van der Waals surface area contributed by atoms with Gasteiger partial charge in [-0.25, -0.2) is 8.42 Å². The molecule has 152 valence electrons. The third-order valence-corrected chi connectivity index (χ3v) is 8.57. The van der Waals surface area contributed by atoms with E-state index in [9.17, 15) is 13.2 Å². The second-order valence-electron chi connectivity index (χ2n) is 7.27. The van der Waals surface area contributed by atoms with Crippen LogP contribution in [0.25, 0.3) is 0 Å². The number of hydrogen-bond donors (Lipinski definition) is 0. The van der Waals surface area contributed by atoms with E-state index in [2.05, 4.69) is 21.5 Å². The minimum atomic E-state index is -3.65. The predicted octanol–water partition coefficient (Wildman–Crippen LogP) is 1.24. The van der Waals surface area contributed by atoms with Crippen molar-refractivity contribution >= 4 is 27.3 Å². The Balaban J connectivity index is 1.35. The van der Waals surface area contributed by atoms with Gasteiger partial charge in [0, 0.05) is 44.1 Å². The molecule has 0 bridgehead atoms. The fraction of sp³-hybridized carbons (Fsp3) is 0.556. The van der Waals surface area contributed by atoms with Crippen molar-refractivity contribution in [2.24, 2.45) is 0 Å². The second-order valence-corrected chi connectivity index (χ2v) is 10.1. The maximum absolute atomic E-state index is 12.9. The Labute approximate surface area is 168 Å². The first-order valence-corrected chi connectivity index (χ1v) is 11.7. The van der Waals surface area contributed by atoms with Gasteiger partial charge in [0.25, 0.3) is 0 Å². The molecule has 10 heteroatoms. The van der Waals surface area contributed by atoms with E-state index in [1.54, 1.807) is 30.1 Å². The number of nitrogens with zero attached hydrogens (tertiary/aromatic N) is 4. The number of sulfonamides is 1. The average Bonchev–Trinajstić information content (AvgIpc) is 3.27. The lowest BCUT2D eigenvalue weighted by atomic mass is 10.1. The lowest BCUT2D eigenvalue weighted by Gasteiger charge is -2.35. The van der Waals surface area contributed by atoms with Crippen molar-refractivity contribution in [3.63, 3.8) is 0 Å². The van der Waals surface area contributed by atoms with Crippen molar-refractivity contribution in [3.05, 3.63) is 33.3 Å². The number of fused-ring (bicyclic) bond motifs is 1. The Kier molecular flexibility index (Phi) is 5.30. The Morgan fingerprint density at radius 2 is 1.96 bits per heavy atom. The van der Waals surface area contributed by atoms with Gasteiger partial charge in [-0.2, -0.15) is 4.31 Å². The van der Waals surface area contributed by atoms with Crippen molar-refractivity contribution in [1.29, 1.82) is 0 Å². The zero-order valence-corrected chi connectivity index (χ0v) is 17.7. The zero-order chi connectivity index (χ0) is 19.9. The van der Waals surface area contributed by atoms with Crippen LogP contribution in [0.5, 0.6) is 0 Å². The number of carbonyl (C=O) groups excluding carboxylic acids is 1. The molecule has 0 unspecified atom stereocenters. The second kappa shape index (κ2) is 7.58. The number of amides is 1. The van der Waals surface area contributed by atoms with Gasteiger partial charge < -0.3 is 9.42 Å². The number of piperazine rings is 1. The molecule has 0 saturated carbocycles. The maximum atomic E-state index is 12.9. The summed E-state index contributed by atoms with van der Waals surface area (Å²) in [4.78, 5) is 18.2. The van der Waals surface area contributed by atoms with Gasteiger partial charge in [-0.05, 0) is 37.3 Å². The summed E-state index contributed by atoms with van der Waals surface area (Å²) in [6, 6.07) is 2.13. The van der Waals surface area contributed by atoms with Crippen molar-refractivity contribution < 1.29 is 17.7 Å². The molecule has 0 N–H and O–H groups in total. The Hall–Kier alpha value is -1.75. The minimum Gasteiger partial charge on any atom is -0.360 e. The highest BCUT2D eigenvalue weighted by atomic mass is 32.2. The van der Waals surface area contributed by atoms with Gasteiger partial charge in [-0.3, -0.25) is 9.69 Å². The third kappa shape index (κ3) is 3.61. The smallest absolute Gasteiger partial charge is 0.248 e. The average molecular weight is 425 g/mol. The van der Waals surface area contributed by atoms with Crippen molar-refractivity contribution in [1.82, 2.24) is 19.3 Å². The fourth-order valence-electron chi connectivity index (χ4n) is 3.88. The van der Waals surface area contributed by atoms with E-state index < -0.39 is 10.0 Å². The molecule has 0 radical (unpaired) electrons. The molecule has 0 spiro atoms. The van der Waals surface area contributed by atoms with Crippen LogP contribution in [-0.4, -0.2) is 72.9 Å². The number of carbonyl (C=O) groups is 1. The van der Waals surface area contributed by atoms with Crippen LogP contribution in [0.4, 0.5) is 0 Å². The normalized spacial score (nSPS) is 19.0. The molecular formula is C18H24N4O4S2. The van der Waals surface area contributed by atoms with Gasteiger partial charge >= 0.3 is 0 Å². The minimum absolute atomic E-state index is 0.0630. The molecule has 0 atom stereocenters. The molecule has 0 aromatic carbocycles. The number of aryl methyl sites for hydroxylation is 2. The number of aromatic nitrogens is 1. The monoisotopic (exact) mass is 424 g/mol. The van der Waals surface area contributed by atoms with Crippen molar-refractivity contribution in [3.8, 4) is 0 Å². The van der Waals surface area contributed by atoms with E-state index in [1.165, 1.54) is 14.7 Å². The van der Waals surface area contributed by atoms with Crippen LogP contribution in [0, 0.1) is 13.8 Å². The van der Waals surface area contributed by atoms with E-state index in [1.807, 2.05) is 0 Å². The van der Waals surface area contributed by atoms with Crippen LogP contribution < -0.4 is 0 Å². The lowest BCUT2D eigenvalue weighted by Crippen LogP contribution is -2.52. The van der Waals surface area contributed by atoms with Gasteiger partial charge in [0.05, 0.1) is 6.54 Å². The van der Waals surface area contributed by atoms with Crippen LogP contribution in [0.2, 0.25) is 0 Å². The van der Waals surface area contributed by atoms with E-state index in [0.717, 1.165) is 19.5 Å². The summed E-state index contributed by atoms with van der Waals surface area (Å²) >= 11 is 1.78. The largest absolute Gasteiger partial charge is 0.360 e. The van der Waals surface area contributed by atoms with Crippen LogP contribution in [0.1, 0.15) is 21.9 Å². The predicted molar refractivity (Wildman–Crippen MR) is 105 cm³/mol. The first kappa shape index (κ1) is 19.6. The number of rotatable bonds is 4. The fourth-order valence-corrected chi connectivity index (χ4v) is 6.49. The van der Waals surface area contributed by atoms with Crippen LogP contribution >= 0.6 is 11.3 Å². The summed E-state index contributed by atoms with van der Waals surface area (Å²) in [5, 5.41) is 5.85. The molecule has 28 heavy (non-hydrogen) atoms. The van der Waals surface area contributed by atoms with E-state index >= 15 is 0 Å². The first-order chi connectivity index (χ1) is 13.4. The van der Waals surface area contributed by atoms with Crippen molar-refractivity contribution in [2.45, 2.75) is 31.7 Å². The standard InChI is InChI=1S/C18H24N4O4S2/c1-13-18(14(2)26-19-13)28(24,25)22-8-6-21(7-9-22)17(23)12-20-5-3-16-15(11-20)4-10-27-16/h4,10H,3,5-9,11-12H2,1-2H3. The lowest BCUT2D eigenvalue weighted by molar-refractivity contribution is -0.133. The Bertz CT molecular complexity index is 954. The number of hydrogen-bond acceptors (Lipinski definition) is 7. The van der Waals surface area contributed by atoms with Crippen LogP contribution in [-0.2, 0) is 27.8 Å². The van der Waals surface area contributed by atoms with Gasteiger partial charge in [0.1, 0.15) is 10.6 Å². The molecule has 0 aliphatic carbocycles. The van der Waals surface area contributed by atoms with Gasteiger partial charge in [-0.15, -0.1) is 11.3 Å². The summed E-state index contributed by atoms with van der Waals surface area (Å²) in [5.74, 6) is 0.363. The molecule has 8 nitrogen and oxygen atoms in total. The molecular weight excluding hydrogens is 400 g/mol. The molecule has 1 amide bonds. The summed E-state index contributed by atoms with van der Waals surface area (Å²) < 4.78 is 32.2. The Morgan fingerprint density at radius 3 is 2.64 bits per heavy atom. The molecule has 2 aromatic rings. The van der Waals surface area contributed by atoms with Crippen LogP contribution in [0.15, 0.2) is 20.9 Å². The molecule has 1 saturated heterocycles. The topological polar surface area (TPSA) is 87.0 Å². The highest BCUT2D eigenvalue weighted by Crippen LogP contribution is 2.25. The molecule has 2 aromatic heterocycles. The number of thiophene rings is 1. The highest BCUT2D eigenvalue weighted by Gasteiger charge is 2.34. The van der Waals surface area contributed by atoms with Gasteiger partial charge in [0.15, 0.2) is 5.76 Å². The molecule has 4 rings (SSSR count). The summed E-state index contributed by atoms with van der Waals surface area (Å²) in [5.41, 5.74) is 1.69. The molecule has 1 fully saturated rings. The quantitative estimate of drug-likeness (QED) is 0.734. The maximum Gasteiger partial charge on any atom is 0.248 e. The molecule has 4 heterocycles. The summed E-state index contributed by atoms with van der Waals surface area (Å²) in [6.07, 6.45) is 0.990. The SMILES string of the molecule is Cc1noc(C)c1S(=O)(=O)N1CCN(C(=O)CN2CCc3sccc3C2)CC1. The molecule has 2 aliphatic heterocycles. The zero-order valence-electron chi connectivity index (χ0n) is 16.0. The molecule has 2 aliphatic rings. The van der Waals surface area contributed by atoms with Crippen LogP contribution in [0.3, 0.4) is 0 Å². The first-order valence-electron chi connectivity index (χ1n) is 9.34. The summed E-state index contributed by atoms with van der Waals surface area (Å²) in [6.45, 7) is 6.68. The Morgan fingerprint density at radius 1 is 1.21 bits per heavy atom. The van der Waals surface area contributed by atoms with Gasteiger partial charge in [-0.1, -0.05) is 5.16 Å². The summed E-state index contributed by atoms with van der Waals surface area (Å²) in [7, 11) is -3.65. The van der Waals surface area contributed by atoms with Gasteiger partial charge in [0.2, 0.25) is 15.9 Å². The van der Waals surface area contributed by atoms with Crippen molar-refractivity contribution in [2.75, 3.05) is 39.3 Å². The third-order valence-electron chi connectivity index (χ3n) is 5.40. The highest BCUT2D eigenvalue weighted by molar-refractivity contribution is 7.89.